The monoisotopic (exact) mass is 260 g/mol. The molecular weight excluding hydrogens is 244 g/mol. The standard InChI is InChI=1S/C13H16N4O2/c1-3-17-7-10(14)12(16-17)13(19)15-9-5-4-8(2)11(18)6-9/h4-7,18H,3,14H2,1-2H3,(H,15,19). The van der Waals surface area contributed by atoms with Crippen molar-refractivity contribution in [1.29, 1.82) is 0 Å². The van der Waals surface area contributed by atoms with Gasteiger partial charge in [-0.2, -0.15) is 5.10 Å². The summed E-state index contributed by atoms with van der Waals surface area (Å²) < 4.78 is 1.59. The van der Waals surface area contributed by atoms with Crippen LogP contribution in [-0.2, 0) is 6.54 Å². The highest BCUT2D eigenvalue weighted by molar-refractivity contribution is 6.06. The number of nitrogens with zero attached hydrogens (tertiary/aromatic N) is 2. The zero-order valence-corrected chi connectivity index (χ0v) is 10.8. The molecule has 100 valence electrons. The fourth-order valence-electron chi connectivity index (χ4n) is 1.65. The molecule has 1 aromatic carbocycles. The number of anilines is 2. The van der Waals surface area contributed by atoms with E-state index in [9.17, 15) is 9.90 Å². The fraction of sp³-hybridized carbons (Fsp3) is 0.231. The van der Waals surface area contributed by atoms with Crippen LogP contribution in [0, 0.1) is 6.92 Å². The van der Waals surface area contributed by atoms with Gasteiger partial charge >= 0.3 is 0 Å². The molecule has 0 radical (unpaired) electrons. The molecule has 1 heterocycles. The zero-order valence-electron chi connectivity index (χ0n) is 10.8. The van der Waals surface area contributed by atoms with Gasteiger partial charge in [0, 0.05) is 24.5 Å². The molecule has 1 aromatic heterocycles. The summed E-state index contributed by atoms with van der Waals surface area (Å²) >= 11 is 0. The molecular formula is C13H16N4O2. The molecule has 6 heteroatoms. The van der Waals surface area contributed by atoms with Gasteiger partial charge < -0.3 is 16.2 Å². The van der Waals surface area contributed by atoms with Crippen molar-refractivity contribution in [3.63, 3.8) is 0 Å². The minimum atomic E-state index is -0.395. The highest BCUT2D eigenvalue weighted by Gasteiger charge is 2.15. The summed E-state index contributed by atoms with van der Waals surface area (Å²) in [6.45, 7) is 4.33. The predicted molar refractivity (Wildman–Crippen MR) is 73.1 cm³/mol. The minimum Gasteiger partial charge on any atom is -0.508 e. The molecule has 19 heavy (non-hydrogen) atoms. The van der Waals surface area contributed by atoms with Gasteiger partial charge in [0.1, 0.15) is 5.75 Å². The van der Waals surface area contributed by atoms with Gasteiger partial charge in [-0.1, -0.05) is 6.07 Å². The average molecular weight is 260 g/mol. The topological polar surface area (TPSA) is 93.2 Å². The number of rotatable bonds is 3. The van der Waals surface area contributed by atoms with Gasteiger partial charge in [-0.25, -0.2) is 0 Å². The molecule has 2 rings (SSSR count). The molecule has 0 saturated carbocycles. The highest BCUT2D eigenvalue weighted by atomic mass is 16.3. The third-order valence-corrected chi connectivity index (χ3v) is 2.80. The summed E-state index contributed by atoms with van der Waals surface area (Å²) in [4.78, 5) is 12.0. The van der Waals surface area contributed by atoms with Crippen LogP contribution in [0.4, 0.5) is 11.4 Å². The normalized spacial score (nSPS) is 10.4. The molecule has 0 saturated heterocycles. The van der Waals surface area contributed by atoms with E-state index in [4.69, 9.17) is 5.73 Å². The lowest BCUT2D eigenvalue weighted by Crippen LogP contribution is -2.14. The van der Waals surface area contributed by atoms with E-state index in [0.29, 0.717) is 17.9 Å². The number of carbonyl (C=O) groups excluding carboxylic acids is 1. The number of nitrogens with two attached hydrogens (primary N) is 1. The SMILES string of the molecule is CCn1cc(N)c(C(=O)Nc2ccc(C)c(O)c2)n1. The van der Waals surface area contributed by atoms with Crippen molar-refractivity contribution in [3.05, 3.63) is 35.7 Å². The van der Waals surface area contributed by atoms with Crippen LogP contribution in [0.25, 0.3) is 0 Å². The number of hydrogen-bond acceptors (Lipinski definition) is 4. The highest BCUT2D eigenvalue weighted by Crippen LogP contribution is 2.21. The number of hydrogen-bond donors (Lipinski definition) is 3. The maximum atomic E-state index is 12.0. The molecule has 6 nitrogen and oxygen atoms in total. The Labute approximate surface area is 110 Å². The summed E-state index contributed by atoms with van der Waals surface area (Å²) in [7, 11) is 0. The Balaban J connectivity index is 2.20. The van der Waals surface area contributed by atoms with Crippen molar-refractivity contribution in [2.75, 3.05) is 11.1 Å². The van der Waals surface area contributed by atoms with Crippen molar-refractivity contribution in [2.24, 2.45) is 0 Å². The van der Waals surface area contributed by atoms with Crippen LogP contribution in [-0.4, -0.2) is 20.8 Å². The summed E-state index contributed by atoms with van der Waals surface area (Å²) in [5.74, 6) is -0.266. The van der Waals surface area contributed by atoms with Crippen LogP contribution in [0.3, 0.4) is 0 Å². The van der Waals surface area contributed by atoms with Gasteiger partial charge in [-0.15, -0.1) is 0 Å². The van der Waals surface area contributed by atoms with Gasteiger partial charge in [-0.3, -0.25) is 9.48 Å². The molecule has 4 N–H and O–H groups in total. The minimum absolute atomic E-state index is 0.129. The van der Waals surface area contributed by atoms with Gasteiger partial charge in [0.05, 0.1) is 5.69 Å². The number of aromatic nitrogens is 2. The molecule has 1 amide bonds. The maximum Gasteiger partial charge on any atom is 0.278 e. The fourth-order valence-corrected chi connectivity index (χ4v) is 1.65. The lowest BCUT2D eigenvalue weighted by molar-refractivity contribution is 0.102. The van der Waals surface area contributed by atoms with Gasteiger partial charge in [0.15, 0.2) is 5.69 Å². The number of aromatic hydroxyl groups is 1. The third-order valence-electron chi connectivity index (χ3n) is 2.80. The number of amides is 1. The van der Waals surface area contributed by atoms with Crippen molar-refractivity contribution < 1.29 is 9.90 Å². The number of phenols is 1. The first-order chi connectivity index (χ1) is 9.01. The van der Waals surface area contributed by atoms with Crippen molar-refractivity contribution >= 4 is 17.3 Å². The number of nitrogen functional groups attached to an aromatic ring is 1. The number of aryl methyl sites for hydroxylation is 2. The molecule has 0 aliphatic heterocycles. The summed E-state index contributed by atoms with van der Waals surface area (Å²) in [5, 5.41) is 16.3. The van der Waals surface area contributed by atoms with Crippen LogP contribution in [0.15, 0.2) is 24.4 Å². The van der Waals surface area contributed by atoms with E-state index in [1.54, 1.807) is 29.9 Å². The van der Waals surface area contributed by atoms with Crippen molar-refractivity contribution in [3.8, 4) is 5.75 Å². The Hall–Kier alpha value is -2.50. The van der Waals surface area contributed by atoms with E-state index in [-0.39, 0.29) is 11.4 Å². The Bertz CT molecular complexity index is 619. The Kier molecular flexibility index (Phi) is 3.41. The Morgan fingerprint density at radius 2 is 2.26 bits per heavy atom. The van der Waals surface area contributed by atoms with Gasteiger partial charge in [0.2, 0.25) is 0 Å². The molecule has 0 unspecified atom stereocenters. The van der Waals surface area contributed by atoms with Crippen LogP contribution in [0.1, 0.15) is 23.0 Å². The first kappa shape index (κ1) is 12.9. The van der Waals surface area contributed by atoms with Gasteiger partial charge in [-0.05, 0) is 25.5 Å². The first-order valence-electron chi connectivity index (χ1n) is 5.95. The molecule has 0 bridgehead atoms. The van der Waals surface area contributed by atoms with Gasteiger partial charge in [0.25, 0.3) is 5.91 Å². The predicted octanol–water partition coefficient (Wildman–Crippen LogP) is 1.75. The molecule has 0 atom stereocenters. The molecule has 0 fully saturated rings. The number of nitrogens with one attached hydrogen (secondary N) is 1. The van der Waals surface area contributed by atoms with Crippen molar-refractivity contribution in [2.45, 2.75) is 20.4 Å². The van der Waals surface area contributed by atoms with Crippen LogP contribution < -0.4 is 11.1 Å². The lowest BCUT2D eigenvalue weighted by Gasteiger charge is -2.05. The smallest absolute Gasteiger partial charge is 0.278 e. The third kappa shape index (κ3) is 2.67. The summed E-state index contributed by atoms with van der Waals surface area (Å²) in [6, 6.07) is 4.92. The molecule has 0 aliphatic carbocycles. The molecule has 0 aliphatic rings. The summed E-state index contributed by atoms with van der Waals surface area (Å²) in [6.07, 6.45) is 1.61. The number of benzene rings is 1. The largest absolute Gasteiger partial charge is 0.508 e. The second-order valence-corrected chi connectivity index (χ2v) is 4.24. The van der Waals surface area contributed by atoms with Crippen LogP contribution >= 0.6 is 0 Å². The molecule has 2 aromatic rings. The quantitative estimate of drug-likeness (QED) is 0.783. The first-order valence-corrected chi connectivity index (χ1v) is 5.95. The van der Waals surface area contributed by atoms with E-state index in [2.05, 4.69) is 10.4 Å². The van der Waals surface area contributed by atoms with E-state index >= 15 is 0 Å². The number of carbonyl (C=O) groups is 1. The van der Waals surface area contributed by atoms with Crippen molar-refractivity contribution in [1.82, 2.24) is 9.78 Å². The maximum absolute atomic E-state index is 12.0. The van der Waals surface area contributed by atoms with Crippen LogP contribution in [0.5, 0.6) is 5.75 Å². The Morgan fingerprint density at radius 3 is 2.84 bits per heavy atom. The van der Waals surface area contributed by atoms with E-state index in [0.717, 1.165) is 5.56 Å². The van der Waals surface area contributed by atoms with E-state index < -0.39 is 5.91 Å². The van der Waals surface area contributed by atoms with Crippen LogP contribution in [0.2, 0.25) is 0 Å². The Morgan fingerprint density at radius 1 is 1.53 bits per heavy atom. The molecule has 0 spiro atoms. The van der Waals surface area contributed by atoms with E-state index in [1.165, 1.54) is 6.07 Å². The summed E-state index contributed by atoms with van der Waals surface area (Å²) in [5.41, 5.74) is 7.49. The zero-order chi connectivity index (χ0) is 14.0. The average Bonchev–Trinajstić information content (AvgIpc) is 2.75. The lowest BCUT2D eigenvalue weighted by atomic mass is 10.2. The second-order valence-electron chi connectivity index (χ2n) is 4.24. The number of phenolic OH excluding ortho intramolecular Hbond substituents is 1. The second kappa shape index (κ2) is 5.01. The van der Waals surface area contributed by atoms with E-state index in [1.807, 2.05) is 6.92 Å².